The van der Waals surface area contributed by atoms with Crippen LogP contribution >= 0.6 is 0 Å². The maximum absolute atomic E-state index is 10.3. The second kappa shape index (κ2) is 6.80. The molecule has 0 saturated carbocycles. The molecule has 4 heteroatoms. The lowest BCUT2D eigenvalue weighted by atomic mass is 10.1. The minimum atomic E-state index is -0.984. The largest absolute Gasteiger partial charge is 0.478 e. The molecule has 14 heavy (non-hydrogen) atoms. The zero-order valence-electron chi connectivity index (χ0n) is 7.80. The molecule has 1 aromatic carbocycles. The van der Waals surface area contributed by atoms with Gasteiger partial charge in [0.05, 0.1) is 5.56 Å². The van der Waals surface area contributed by atoms with Crippen LogP contribution in [-0.2, 0) is 0 Å². The molecule has 0 heterocycles. The Morgan fingerprint density at radius 3 is 2.07 bits per heavy atom. The average Bonchev–Trinajstić information content (AvgIpc) is 2.19. The number of carboxylic acid groups (broad SMARTS) is 1. The third-order valence-corrected chi connectivity index (χ3v) is 1.29. The van der Waals surface area contributed by atoms with Gasteiger partial charge in [0.25, 0.3) is 0 Å². The van der Waals surface area contributed by atoms with Gasteiger partial charge >= 0.3 is 5.97 Å². The van der Waals surface area contributed by atoms with E-state index in [2.05, 4.69) is 0 Å². The molecule has 76 valence electrons. The van der Waals surface area contributed by atoms with E-state index in [4.69, 9.17) is 10.2 Å². The summed E-state index contributed by atoms with van der Waals surface area (Å²) < 4.78 is 0. The van der Waals surface area contributed by atoms with Gasteiger partial charge in [0.1, 0.15) is 6.29 Å². The van der Waals surface area contributed by atoms with E-state index >= 15 is 0 Å². The number of rotatable bonds is 2. The van der Waals surface area contributed by atoms with Crippen molar-refractivity contribution in [1.82, 2.24) is 0 Å². The fourth-order valence-electron chi connectivity index (χ4n) is 0.704. The van der Waals surface area contributed by atoms with Crippen molar-refractivity contribution >= 4 is 12.3 Å². The van der Waals surface area contributed by atoms with Crippen LogP contribution in [0.15, 0.2) is 24.3 Å². The summed E-state index contributed by atoms with van der Waals surface area (Å²) in [6.07, 6.45) is 0.672. The standard InChI is InChI=1S/C8H6O3.C2H6O/c9-5-6-1-3-7(4-2-6)8(10)11;1-2-3/h1-5H,(H,10,11);3H,2H2,1H3. The molecule has 0 aliphatic heterocycles. The number of carboxylic acids is 1. The molecule has 0 fully saturated rings. The molecule has 4 nitrogen and oxygen atoms in total. The molecule has 0 unspecified atom stereocenters. The number of aldehydes is 1. The first-order valence-electron chi connectivity index (χ1n) is 4.05. The predicted molar refractivity (Wildman–Crippen MR) is 51.5 cm³/mol. The number of hydrogen-bond acceptors (Lipinski definition) is 3. The van der Waals surface area contributed by atoms with Gasteiger partial charge in [-0.25, -0.2) is 4.79 Å². The van der Waals surface area contributed by atoms with Gasteiger partial charge in [0, 0.05) is 12.2 Å². The predicted octanol–water partition coefficient (Wildman–Crippen LogP) is 1.20. The number of benzene rings is 1. The van der Waals surface area contributed by atoms with Crippen molar-refractivity contribution in [2.24, 2.45) is 0 Å². The quantitative estimate of drug-likeness (QED) is 0.697. The first-order valence-corrected chi connectivity index (χ1v) is 4.05. The summed E-state index contributed by atoms with van der Waals surface area (Å²) in [5.41, 5.74) is 0.672. The van der Waals surface area contributed by atoms with E-state index < -0.39 is 5.97 Å². The first kappa shape index (κ1) is 12.3. The first-order chi connectivity index (χ1) is 6.65. The summed E-state index contributed by atoms with van der Waals surface area (Å²) in [6.45, 7) is 1.93. The number of aliphatic hydroxyl groups excluding tert-OH is 1. The molecule has 0 amide bonds. The normalized spacial score (nSPS) is 8.43. The number of aromatic carboxylic acids is 1. The summed E-state index contributed by atoms with van der Waals surface area (Å²) >= 11 is 0. The van der Waals surface area contributed by atoms with Crippen LogP contribution < -0.4 is 0 Å². The lowest BCUT2D eigenvalue weighted by molar-refractivity contribution is 0.0696. The van der Waals surface area contributed by atoms with E-state index in [1.165, 1.54) is 24.3 Å². The van der Waals surface area contributed by atoms with Crippen molar-refractivity contribution in [3.63, 3.8) is 0 Å². The van der Waals surface area contributed by atoms with Crippen molar-refractivity contribution in [2.75, 3.05) is 6.61 Å². The van der Waals surface area contributed by atoms with E-state index in [0.717, 1.165) is 0 Å². The maximum atomic E-state index is 10.3. The SMILES string of the molecule is CCO.O=Cc1ccc(C(=O)O)cc1. The van der Waals surface area contributed by atoms with Crippen molar-refractivity contribution in [1.29, 1.82) is 0 Å². The van der Waals surface area contributed by atoms with Crippen LogP contribution in [0, 0.1) is 0 Å². The van der Waals surface area contributed by atoms with Crippen LogP contribution in [0.4, 0.5) is 0 Å². The molecule has 0 spiro atoms. The van der Waals surface area contributed by atoms with Crippen molar-refractivity contribution in [3.8, 4) is 0 Å². The highest BCUT2D eigenvalue weighted by molar-refractivity contribution is 5.88. The number of aliphatic hydroxyl groups is 1. The molecular formula is C10H12O4. The topological polar surface area (TPSA) is 74.6 Å². The van der Waals surface area contributed by atoms with Crippen molar-refractivity contribution in [3.05, 3.63) is 35.4 Å². The lowest BCUT2D eigenvalue weighted by Gasteiger charge is -1.92. The lowest BCUT2D eigenvalue weighted by Crippen LogP contribution is -1.95. The molecule has 0 aliphatic rings. The Morgan fingerprint density at radius 1 is 1.36 bits per heavy atom. The molecule has 0 aromatic heterocycles. The highest BCUT2D eigenvalue weighted by Crippen LogP contribution is 2.01. The molecule has 1 rings (SSSR count). The Morgan fingerprint density at radius 2 is 1.79 bits per heavy atom. The van der Waals surface area contributed by atoms with E-state index in [0.29, 0.717) is 11.8 Å². The zero-order valence-corrected chi connectivity index (χ0v) is 7.80. The van der Waals surface area contributed by atoms with Gasteiger partial charge in [-0.05, 0) is 19.1 Å². The summed E-state index contributed by atoms with van der Waals surface area (Å²) in [6, 6.07) is 5.73. The van der Waals surface area contributed by atoms with Crippen molar-refractivity contribution < 1.29 is 19.8 Å². The van der Waals surface area contributed by atoms with E-state index in [1.54, 1.807) is 6.92 Å². The average molecular weight is 196 g/mol. The Balaban J connectivity index is 0.000000500. The monoisotopic (exact) mass is 196 g/mol. The fourth-order valence-corrected chi connectivity index (χ4v) is 0.704. The molecule has 0 bridgehead atoms. The third kappa shape index (κ3) is 4.37. The van der Waals surface area contributed by atoms with Crippen LogP contribution in [0.2, 0.25) is 0 Å². The molecular weight excluding hydrogens is 184 g/mol. The molecule has 0 saturated heterocycles. The summed E-state index contributed by atoms with van der Waals surface area (Å²) in [7, 11) is 0. The van der Waals surface area contributed by atoms with Gasteiger partial charge < -0.3 is 10.2 Å². The van der Waals surface area contributed by atoms with Crippen LogP contribution in [0.3, 0.4) is 0 Å². The van der Waals surface area contributed by atoms with E-state index in [9.17, 15) is 9.59 Å². The minimum absolute atomic E-state index is 0.190. The van der Waals surface area contributed by atoms with Crippen LogP contribution in [0.25, 0.3) is 0 Å². The van der Waals surface area contributed by atoms with Gasteiger partial charge in [0.2, 0.25) is 0 Å². The molecule has 0 radical (unpaired) electrons. The number of carbonyl (C=O) groups is 2. The summed E-state index contributed by atoms with van der Waals surface area (Å²) in [5, 5.41) is 16.0. The zero-order chi connectivity index (χ0) is 11.0. The van der Waals surface area contributed by atoms with Crippen LogP contribution in [0.1, 0.15) is 27.6 Å². The second-order valence-corrected chi connectivity index (χ2v) is 2.36. The van der Waals surface area contributed by atoms with Crippen LogP contribution in [0.5, 0.6) is 0 Å². The maximum Gasteiger partial charge on any atom is 0.335 e. The van der Waals surface area contributed by atoms with E-state index in [-0.39, 0.29) is 12.2 Å². The van der Waals surface area contributed by atoms with E-state index in [1.807, 2.05) is 0 Å². The third-order valence-electron chi connectivity index (χ3n) is 1.29. The highest BCUT2D eigenvalue weighted by atomic mass is 16.4. The molecule has 0 atom stereocenters. The van der Waals surface area contributed by atoms with Gasteiger partial charge in [-0.1, -0.05) is 12.1 Å². The molecule has 1 aromatic rings. The Kier molecular flexibility index (Phi) is 5.98. The summed E-state index contributed by atoms with van der Waals surface area (Å²) in [5.74, 6) is -0.984. The second-order valence-electron chi connectivity index (χ2n) is 2.36. The Hall–Kier alpha value is -1.68. The van der Waals surface area contributed by atoms with Gasteiger partial charge in [-0.2, -0.15) is 0 Å². The van der Waals surface area contributed by atoms with Gasteiger partial charge in [-0.15, -0.1) is 0 Å². The summed E-state index contributed by atoms with van der Waals surface area (Å²) in [4.78, 5) is 20.5. The Bertz CT molecular complexity index is 289. The Labute approximate surface area is 81.8 Å². The van der Waals surface area contributed by atoms with Gasteiger partial charge in [-0.3, -0.25) is 4.79 Å². The number of hydrogen-bond donors (Lipinski definition) is 2. The minimum Gasteiger partial charge on any atom is -0.478 e. The molecule has 0 aliphatic carbocycles. The van der Waals surface area contributed by atoms with Crippen molar-refractivity contribution in [2.45, 2.75) is 6.92 Å². The van der Waals surface area contributed by atoms with Gasteiger partial charge in [0.15, 0.2) is 0 Å². The fraction of sp³-hybridized carbons (Fsp3) is 0.200. The highest BCUT2D eigenvalue weighted by Gasteiger charge is 1.99. The van der Waals surface area contributed by atoms with Crippen LogP contribution in [-0.4, -0.2) is 29.1 Å². The smallest absolute Gasteiger partial charge is 0.335 e. The number of carbonyl (C=O) groups excluding carboxylic acids is 1. The molecule has 2 N–H and O–H groups in total.